The Kier molecular flexibility index (Phi) is 4.17. The van der Waals surface area contributed by atoms with Crippen LogP contribution in [0.3, 0.4) is 0 Å². The average Bonchev–Trinajstić information content (AvgIpc) is 2.63. The zero-order valence-corrected chi connectivity index (χ0v) is 15.2. The lowest BCUT2D eigenvalue weighted by molar-refractivity contribution is 0.340. The lowest BCUT2D eigenvalue weighted by atomic mass is 10.1. The molecule has 4 nitrogen and oxygen atoms in total. The number of para-hydroxylation sites is 1. The Hall–Kier alpha value is -3.14. The van der Waals surface area contributed by atoms with E-state index in [0.717, 1.165) is 50.3 Å². The maximum absolute atomic E-state index is 5.67. The normalized spacial score (nSPS) is 11.0. The fourth-order valence-corrected chi connectivity index (χ4v) is 3.19. The molecular weight excluding hydrogens is 322 g/mol. The quantitative estimate of drug-likeness (QED) is 0.528. The van der Waals surface area contributed by atoms with Gasteiger partial charge in [0.15, 0.2) is 0 Å². The molecule has 4 aromatic rings. The zero-order valence-electron chi connectivity index (χ0n) is 15.2. The van der Waals surface area contributed by atoms with Crippen LogP contribution in [-0.4, -0.2) is 16.6 Å². The smallest absolute Gasteiger partial charge is 0.120 e. The number of hydrogen-bond donors (Lipinski definition) is 1. The minimum absolute atomic E-state index is 0.639. The Bertz CT molecular complexity index is 1110. The van der Waals surface area contributed by atoms with Crippen LogP contribution < -0.4 is 10.1 Å². The summed E-state index contributed by atoms with van der Waals surface area (Å²) >= 11 is 0. The summed E-state index contributed by atoms with van der Waals surface area (Å²) in [6.45, 7) is 6.64. The molecule has 0 bridgehead atoms. The Morgan fingerprint density at radius 1 is 0.885 bits per heavy atom. The molecule has 26 heavy (non-hydrogen) atoms. The van der Waals surface area contributed by atoms with Crippen LogP contribution in [0.15, 0.2) is 54.6 Å². The van der Waals surface area contributed by atoms with E-state index in [9.17, 15) is 0 Å². The number of aryl methyl sites for hydroxylation is 2. The molecule has 0 amide bonds. The lowest BCUT2D eigenvalue weighted by Gasteiger charge is -2.14. The van der Waals surface area contributed by atoms with Gasteiger partial charge >= 0.3 is 0 Å². The van der Waals surface area contributed by atoms with Gasteiger partial charge in [0.05, 0.1) is 23.3 Å². The first-order chi connectivity index (χ1) is 12.6. The molecule has 4 heteroatoms. The molecule has 2 aromatic carbocycles. The number of ether oxygens (including phenoxy) is 1. The predicted molar refractivity (Wildman–Crippen MR) is 107 cm³/mol. The van der Waals surface area contributed by atoms with Crippen molar-refractivity contribution >= 4 is 33.2 Å². The second-order valence-corrected chi connectivity index (χ2v) is 6.38. The van der Waals surface area contributed by atoms with Gasteiger partial charge in [0, 0.05) is 27.8 Å². The molecular formula is C22H21N3O. The topological polar surface area (TPSA) is 47.0 Å². The van der Waals surface area contributed by atoms with E-state index in [1.807, 2.05) is 51.1 Å². The van der Waals surface area contributed by atoms with Crippen molar-refractivity contribution in [2.24, 2.45) is 0 Å². The monoisotopic (exact) mass is 343 g/mol. The van der Waals surface area contributed by atoms with Crippen LogP contribution in [0.1, 0.15) is 18.3 Å². The molecule has 0 aliphatic carbocycles. The summed E-state index contributed by atoms with van der Waals surface area (Å²) < 4.78 is 5.67. The van der Waals surface area contributed by atoms with Crippen LogP contribution in [0.2, 0.25) is 0 Å². The first-order valence-corrected chi connectivity index (χ1v) is 8.81. The minimum atomic E-state index is 0.639. The Morgan fingerprint density at radius 2 is 1.77 bits per heavy atom. The van der Waals surface area contributed by atoms with Crippen LogP contribution in [0, 0.1) is 13.8 Å². The highest BCUT2D eigenvalue weighted by Crippen LogP contribution is 2.32. The van der Waals surface area contributed by atoms with Gasteiger partial charge < -0.3 is 10.1 Å². The SMILES string of the molecule is CCOc1ccc2nc(C)cc(Nc3cccc4ccc(C)nc34)c2c1. The standard InChI is InChI=1S/C22H21N3O/c1-4-26-17-10-11-19-18(13-17)21(12-15(3)23-19)25-20-7-5-6-16-9-8-14(2)24-22(16)20/h5-13H,4H2,1-3H3,(H,23,25). The summed E-state index contributed by atoms with van der Waals surface area (Å²) in [6.07, 6.45) is 0. The zero-order chi connectivity index (χ0) is 18.1. The minimum Gasteiger partial charge on any atom is -0.494 e. The second-order valence-electron chi connectivity index (χ2n) is 6.38. The number of hydrogen-bond acceptors (Lipinski definition) is 4. The number of aromatic nitrogens is 2. The first-order valence-electron chi connectivity index (χ1n) is 8.81. The van der Waals surface area contributed by atoms with Gasteiger partial charge in [0.25, 0.3) is 0 Å². The van der Waals surface area contributed by atoms with Crippen molar-refractivity contribution in [2.75, 3.05) is 11.9 Å². The average molecular weight is 343 g/mol. The predicted octanol–water partition coefficient (Wildman–Crippen LogP) is 5.54. The van der Waals surface area contributed by atoms with Gasteiger partial charge in [-0.05, 0) is 57.2 Å². The van der Waals surface area contributed by atoms with E-state index in [-0.39, 0.29) is 0 Å². The number of benzene rings is 2. The second kappa shape index (κ2) is 6.64. The van der Waals surface area contributed by atoms with Crippen LogP contribution in [0.25, 0.3) is 21.8 Å². The molecule has 1 N–H and O–H groups in total. The number of fused-ring (bicyclic) bond motifs is 2. The maximum atomic E-state index is 5.67. The van der Waals surface area contributed by atoms with E-state index in [0.29, 0.717) is 6.61 Å². The van der Waals surface area contributed by atoms with Gasteiger partial charge in [-0.2, -0.15) is 0 Å². The Balaban J connectivity index is 1.87. The molecule has 0 radical (unpaired) electrons. The summed E-state index contributed by atoms with van der Waals surface area (Å²) in [5.41, 5.74) is 5.87. The van der Waals surface area contributed by atoms with Crippen LogP contribution in [0.5, 0.6) is 5.75 Å². The van der Waals surface area contributed by atoms with E-state index in [2.05, 4.69) is 34.6 Å². The highest BCUT2D eigenvalue weighted by Gasteiger charge is 2.09. The van der Waals surface area contributed by atoms with Gasteiger partial charge in [0.2, 0.25) is 0 Å². The number of anilines is 2. The number of rotatable bonds is 4. The Morgan fingerprint density at radius 3 is 2.62 bits per heavy atom. The maximum Gasteiger partial charge on any atom is 0.120 e. The fraction of sp³-hybridized carbons (Fsp3) is 0.182. The van der Waals surface area contributed by atoms with Crippen molar-refractivity contribution in [2.45, 2.75) is 20.8 Å². The largest absolute Gasteiger partial charge is 0.494 e. The van der Waals surface area contributed by atoms with Gasteiger partial charge in [-0.3, -0.25) is 9.97 Å². The molecule has 0 spiro atoms. The number of pyridine rings is 2. The highest BCUT2D eigenvalue weighted by atomic mass is 16.5. The van der Waals surface area contributed by atoms with Crippen molar-refractivity contribution in [3.63, 3.8) is 0 Å². The van der Waals surface area contributed by atoms with Gasteiger partial charge in [-0.1, -0.05) is 18.2 Å². The van der Waals surface area contributed by atoms with Gasteiger partial charge in [-0.25, -0.2) is 0 Å². The van der Waals surface area contributed by atoms with Crippen LogP contribution in [-0.2, 0) is 0 Å². The van der Waals surface area contributed by atoms with Crippen molar-refractivity contribution in [3.8, 4) is 5.75 Å². The first kappa shape index (κ1) is 16.3. The van der Waals surface area contributed by atoms with E-state index in [1.54, 1.807) is 0 Å². The molecule has 0 unspecified atom stereocenters. The number of nitrogens with one attached hydrogen (secondary N) is 1. The summed E-state index contributed by atoms with van der Waals surface area (Å²) in [5.74, 6) is 0.848. The molecule has 0 saturated heterocycles. The highest BCUT2D eigenvalue weighted by molar-refractivity contribution is 5.98. The molecule has 0 saturated carbocycles. The third kappa shape index (κ3) is 3.06. The van der Waals surface area contributed by atoms with Crippen molar-refractivity contribution in [3.05, 3.63) is 66.0 Å². The van der Waals surface area contributed by atoms with Gasteiger partial charge in [0.1, 0.15) is 5.75 Å². The van der Waals surface area contributed by atoms with E-state index >= 15 is 0 Å². The van der Waals surface area contributed by atoms with Crippen molar-refractivity contribution in [1.29, 1.82) is 0 Å². The molecule has 0 aliphatic rings. The fourth-order valence-electron chi connectivity index (χ4n) is 3.19. The lowest BCUT2D eigenvalue weighted by Crippen LogP contribution is -1.98. The van der Waals surface area contributed by atoms with E-state index in [4.69, 9.17) is 9.72 Å². The van der Waals surface area contributed by atoms with Crippen LogP contribution >= 0.6 is 0 Å². The molecule has 0 aliphatic heterocycles. The summed E-state index contributed by atoms with van der Waals surface area (Å²) in [7, 11) is 0. The number of nitrogens with zero attached hydrogens (tertiary/aromatic N) is 2. The molecule has 130 valence electrons. The molecule has 0 atom stereocenters. The van der Waals surface area contributed by atoms with E-state index < -0.39 is 0 Å². The molecule has 2 heterocycles. The van der Waals surface area contributed by atoms with E-state index in [1.165, 1.54) is 0 Å². The van der Waals surface area contributed by atoms with Crippen molar-refractivity contribution < 1.29 is 4.74 Å². The van der Waals surface area contributed by atoms with Gasteiger partial charge in [-0.15, -0.1) is 0 Å². The molecule has 2 aromatic heterocycles. The Labute approximate surface area is 152 Å². The van der Waals surface area contributed by atoms with Crippen molar-refractivity contribution in [1.82, 2.24) is 9.97 Å². The summed E-state index contributed by atoms with van der Waals surface area (Å²) in [5, 5.41) is 5.72. The summed E-state index contributed by atoms with van der Waals surface area (Å²) in [4.78, 5) is 9.36. The third-order valence-electron chi connectivity index (χ3n) is 4.35. The molecule has 0 fully saturated rings. The van der Waals surface area contributed by atoms with Crippen LogP contribution in [0.4, 0.5) is 11.4 Å². The summed E-state index contributed by atoms with van der Waals surface area (Å²) in [6, 6.07) is 18.4. The molecule has 4 rings (SSSR count). The third-order valence-corrected chi connectivity index (χ3v) is 4.35.